The number of likely N-dealkylation sites (tertiary alicyclic amines) is 1. The van der Waals surface area contributed by atoms with Gasteiger partial charge in [0.25, 0.3) is 0 Å². The van der Waals surface area contributed by atoms with E-state index in [1.54, 1.807) is 0 Å². The number of Topliss-reactive ketones (excluding diaryl/α,β-unsaturated/α-hetero) is 1. The normalized spacial score (nSPS) is 18.9. The van der Waals surface area contributed by atoms with Crippen LogP contribution in [0.1, 0.15) is 43.0 Å². The Bertz CT molecular complexity index is 453. The molecular formula is C15H19F2NO. The predicted octanol–water partition coefficient (Wildman–Crippen LogP) is 3.41. The van der Waals surface area contributed by atoms with Crippen molar-refractivity contribution in [2.75, 3.05) is 13.1 Å². The van der Waals surface area contributed by atoms with Crippen molar-refractivity contribution >= 4 is 5.78 Å². The summed E-state index contributed by atoms with van der Waals surface area (Å²) in [5.41, 5.74) is 0.246. The molecule has 0 N–H and O–H groups in total. The molecule has 0 aliphatic carbocycles. The molecule has 1 aromatic rings. The summed E-state index contributed by atoms with van der Waals surface area (Å²) >= 11 is 0. The lowest BCUT2D eigenvalue weighted by Crippen LogP contribution is -2.39. The number of carbonyl (C=O) groups is 1. The number of benzene rings is 1. The number of hydrogen-bond donors (Lipinski definition) is 0. The van der Waals surface area contributed by atoms with Crippen LogP contribution in [-0.2, 0) is 0 Å². The molecule has 104 valence electrons. The fourth-order valence-electron chi connectivity index (χ4n) is 2.54. The van der Waals surface area contributed by atoms with Crippen molar-refractivity contribution in [1.82, 2.24) is 4.90 Å². The Balaban J connectivity index is 2.10. The third-order valence-corrected chi connectivity index (χ3v) is 3.77. The van der Waals surface area contributed by atoms with Crippen LogP contribution in [0.4, 0.5) is 8.78 Å². The summed E-state index contributed by atoms with van der Waals surface area (Å²) in [6.45, 7) is 3.64. The summed E-state index contributed by atoms with van der Waals surface area (Å²) in [4.78, 5) is 14.4. The first-order valence-electron chi connectivity index (χ1n) is 6.83. The Morgan fingerprint density at radius 1 is 1.11 bits per heavy atom. The monoisotopic (exact) mass is 267 g/mol. The largest absolute Gasteiger partial charge is 0.294 e. The minimum absolute atomic E-state index is 0.138. The molecule has 1 aliphatic rings. The molecule has 4 heteroatoms. The van der Waals surface area contributed by atoms with Gasteiger partial charge in [-0.05, 0) is 51.1 Å². The molecule has 1 unspecified atom stereocenters. The fourth-order valence-corrected chi connectivity index (χ4v) is 2.54. The number of halogens is 2. The zero-order chi connectivity index (χ0) is 13.8. The van der Waals surface area contributed by atoms with E-state index in [4.69, 9.17) is 0 Å². The van der Waals surface area contributed by atoms with Crippen molar-refractivity contribution in [3.05, 3.63) is 35.4 Å². The molecular weight excluding hydrogens is 248 g/mol. The van der Waals surface area contributed by atoms with Crippen LogP contribution in [0.25, 0.3) is 0 Å². The molecule has 1 atom stereocenters. The molecule has 0 bridgehead atoms. The zero-order valence-electron chi connectivity index (χ0n) is 11.2. The highest BCUT2D eigenvalue weighted by Crippen LogP contribution is 2.17. The van der Waals surface area contributed by atoms with E-state index in [1.807, 2.05) is 6.92 Å². The second kappa shape index (κ2) is 6.24. The molecule has 1 saturated heterocycles. The van der Waals surface area contributed by atoms with Crippen molar-refractivity contribution in [3.63, 3.8) is 0 Å². The van der Waals surface area contributed by atoms with E-state index >= 15 is 0 Å². The molecule has 0 spiro atoms. The maximum Gasteiger partial charge on any atom is 0.179 e. The van der Waals surface area contributed by atoms with Gasteiger partial charge in [-0.25, -0.2) is 8.78 Å². The van der Waals surface area contributed by atoms with Crippen molar-refractivity contribution in [2.45, 2.75) is 38.6 Å². The van der Waals surface area contributed by atoms with E-state index in [2.05, 4.69) is 4.90 Å². The first-order chi connectivity index (χ1) is 9.09. The molecule has 1 aromatic carbocycles. The van der Waals surface area contributed by atoms with Crippen LogP contribution in [0.3, 0.4) is 0 Å². The van der Waals surface area contributed by atoms with Gasteiger partial charge in [-0.1, -0.05) is 12.8 Å². The number of carbonyl (C=O) groups excluding carboxylic acids is 1. The van der Waals surface area contributed by atoms with Crippen LogP contribution >= 0.6 is 0 Å². The van der Waals surface area contributed by atoms with Gasteiger partial charge in [-0.15, -0.1) is 0 Å². The van der Waals surface area contributed by atoms with Crippen LogP contribution in [0.5, 0.6) is 0 Å². The molecule has 0 aromatic heterocycles. The second-order valence-corrected chi connectivity index (χ2v) is 5.12. The maximum atomic E-state index is 13.2. The zero-order valence-corrected chi connectivity index (χ0v) is 11.2. The number of hydrogen-bond acceptors (Lipinski definition) is 2. The van der Waals surface area contributed by atoms with E-state index < -0.39 is 11.6 Å². The Kier molecular flexibility index (Phi) is 4.64. The average molecular weight is 267 g/mol. The average Bonchev–Trinajstić information content (AvgIpc) is 2.69. The number of ketones is 1. The van der Waals surface area contributed by atoms with Crippen LogP contribution in [-0.4, -0.2) is 29.8 Å². The Morgan fingerprint density at radius 3 is 2.32 bits per heavy atom. The second-order valence-electron chi connectivity index (χ2n) is 5.12. The standard InChI is InChI=1S/C15H19F2NO/c1-11(18-8-4-2-3-5-9-18)15(19)12-6-7-13(16)14(17)10-12/h6-7,10-11H,2-5,8-9H2,1H3. The molecule has 1 fully saturated rings. The summed E-state index contributed by atoms with van der Waals surface area (Å²) in [6, 6.07) is 3.08. The van der Waals surface area contributed by atoms with Gasteiger partial charge in [0.05, 0.1) is 6.04 Å². The molecule has 19 heavy (non-hydrogen) atoms. The van der Waals surface area contributed by atoms with Crippen LogP contribution in [0, 0.1) is 11.6 Å². The first-order valence-corrected chi connectivity index (χ1v) is 6.83. The number of rotatable bonds is 3. The predicted molar refractivity (Wildman–Crippen MR) is 70.2 cm³/mol. The van der Waals surface area contributed by atoms with Crippen LogP contribution in [0.15, 0.2) is 18.2 Å². The quantitative estimate of drug-likeness (QED) is 0.782. The maximum absolute atomic E-state index is 13.2. The Morgan fingerprint density at radius 2 is 1.74 bits per heavy atom. The molecule has 2 nitrogen and oxygen atoms in total. The summed E-state index contributed by atoms with van der Waals surface area (Å²) in [5, 5.41) is 0. The SMILES string of the molecule is CC(C(=O)c1ccc(F)c(F)c1)N1CCCCCC1. The molecule has 1 aliphatic heterocycles. The van der Waals surface area contributed by atoms with Gasteiger partial charge in [0.1, 0.15) is 0 Å². The van der Waals surface area contributed by atoms with E-state index in [1.165, 1.54) is 18.9 Å². The van der Waals surface area contributed by atoms with Gasteiger partial charge in [0.15, 0.2) is 17.4 Å². The molecule has 0 radical (unpaired) electrons. The third-order valence-electron chi connectivity index (χ3n) is 3.77. The lowest BCUT2D eigenvalue weighted by molar-refractivity contribution is 0.0842. The van der Waals surface area contributed by atoms with Crippen molar-refractivity contribution in [3.8, 4) is 0 Å². The molecule has 0 amide bonds. The van der Waals surface area contributed by atoms with E-state index in [0.29, 0.717) is 0 Å². The highest BCUT2D eigenvalue weighted by molar-refractivity contribution is 5.99. The van der Waals surface area contributed by atoms with Crippen molar-refractivity contribution < 1.29 is 13.6 Å². The topological polar surface area (TPSA) is 20.3 Å². The molecule has 2 rings (SSSR count). The lowest BCUT2D eigenvalue weighted by Gasteiger charge is -2.26. The highest BCUT2D eigenvalue weighted by atomic mass is 19.2. The van der Waals surface area contributed by atoms with Gasteiger partial charge >= 0.3 is 0 Å². The first kappa shape index (κ1) is 14.1. The molecule has 0 saturated carbocycles. The van der Waals surface area contributed by atoms with Gasteiger partial charge in [-0.2, -0.15) is 0 Å². The summed E-state index contributed by atoms with van der Waals surface area (Å²) in [6.07, 6.45) is 4.58. The summed E-state index contributed by atoms with van der Waals surface area (Å²) < 4.78 is 26.0. The van der Waals surface area contributed by atoms with Crippen molar-refractivity contribution in [1.29, 1.82) is 0 Å². The van der Waals surface area contributed by atoms with E-state index in [0.717, 1.165) is 38.1 Å². The van der Waals surface area contributed by atoms with Crippen LogP contribution in [0.2, 0.25) is 0 Å². The van der Waals surface area contributed by atoms with Gasteiger partial charge in [0.2, 0.25) is 0 Å². The highest BCUT2D eigenvalue weighted by Gasteiger charge is 2.23. The smallest absolute Gasteiger partial charge is 0.179 e. The number of nitrogens with zero attached hydrogens (tertiary/aromatic N) is 1. The lowest BCUT2D eigenvalue weighted by atomic mass is 10.0. The minimum Gasteiger partial charge on any atom is -0.294 e. The minimum atomic E-state index is -0.964. The third kappa shape index (κ3) is 3.38. The molecule has 1 heterocycles. The van der Waals surface area contributed by atoms with Gasteiger partial charge in [-0.3, -0.25) is 9.69 Å². The van der Waals surface area contributed by atoms with Crippen molar-refractivity contribution in [2.24, 2.45) is 0 Å². The summed E-state index contributed by atoms with van der Waals surface area (Å²) in [5.74, 6) is -2.02. The van der Waals surface area contributed by atoms with Gasteiger partial charge in [0, 0.05) is 5.56 Å². The Hall–Kier alpha value is -1.29. The Labute approximate surface area is 112 Å². The fraction of sp³-hybridized carbons (Fsp3) is 0.533. The van der Waals surface area contributed by atoms with Crippen LogP contribution < -0.4 is 0 Å². The van der Waals surface area contributed by atoms with E-state index in [9.17, 15) is 13.6 Å². The summed E-state index contributed by atoms with van der Waals surface area (Å²) in [7, 11) is 0. The van der Waals surface area contributed by atoms with Gasteiger partial charge < -0.3 is 0 Å². The van der Waals surface area contributed by atoms with E-state index in [-0.39, 0.29) is 17.4 Å².